The van der Waals surface area contributed by atoms with Gasteiger partial charge in [-0.15, -0.1) is 0 Å². The van der Waals surface area contributed by atoms with Gasteiger partial charge in [-0.1, -0.05) is 18.2 Å². The molecule has 2 aliphatic rings. The molecule has 5 heteroatoms. The zero-order valence-corrected chi connectivity index (χ0v) is 13.7. The highest BCUT2D eigenvalue weighted by molar-refractivity contribution is 5.94. The molecule has 0 saturated heterocycles. The van der Waals surface area contributed by atoms with Crippen molar-refractivity contribution in [1.82, 2.24) is 9.88 Å². The molecular formula is C19H20N2O3. The van der Waals surface area contributed by atoms with Crippen LogP contribution in [0.3, 0.4) is 0 Å². The summed E-state index contributed by atoms with van der Waals surface area (Å²) in [7, 11) is 1.72. The van der Waals surface area contributed by atoms with Crippen LogP contribution in [0.15, 0.2) is 35.1 Å². The van der Waals surface area contributed by atoms with Gasteiger partial charge in [0.2, 0.25) is 0 Å². The first kappa shape index (κ1) is 15.0. The molecule has 2 heterocycles. The molecule has 0 fully saturated rings. The van der Waals surface area contributed by atoms with Crippen LogP contribution in [-0.2, 0) is 19.3 Å². The third-order valence-corrected chi connectivity index (χ3v) is 4.86. The molecule has 0 saturated carbocycles. The number of carbonyl (C=O) groups is 1. The Kier molecular flexibility index (Phi) is 3.63. The first-order valence-corrected chi connectivity index (χ1v) is 8.37. The fourth-order valence-corrected chi connectivity index (χ4v) is 3.62. The topological polar surface area (TPSA) is 62.4 Å². The number of hydrogen-bond acceptors (Lipinski definition) is 3. The molecule has 1 N–H and O–H groups in total. The summed E-state index contributed by atoms with van der Waals surface area (Å²) in [4.78, 5) is 29.3. The number of likely N-dealkylation sites (N-methyl/N-ethyl adjacent to an activating group) is 1. The first-order chi connectivity index (χ1) is 11.6. The molecule has 0 bridgehead atoms. The van der Waals surface area contributed by atoms with Gasteiger partial charge in [0, 0.05) is 19.2 Å². The number of amides is 1. The van der Waals surface area contributed by atoms with E-state index in [9.17, 15) is 9.59 Å². The molecule has 1 amide bonds. The van der Waals surface area contributed by atoms with Gasteiger partial charge in [-0.25, -0.2) is 0 Å². The number of carbonyl (C=O) groups excluding carboxylic acids is 1. The van der Waals surface area contributed by atoms with Crippen molar-refractivity contribution in [3.8, 4) is 5.75 Å². The number of para-hydroxylation sites is 1. The summed E-state index contributed by atoms with van der Waals surface area (Å²) < 4.78 is 5.89. The predicted molar refractivity (Wildman–Crippen MR) is 90.6 cm³/mol. The number of H-pyrrole nitrogens is 1. The summed E-state index contributed by atoms with van der Waals surface area (Å²) in [5.74, 6) is 0.643. The van der Waals surface area contributed by atoms with E-state index in [-0.39, 0.29) is 23.1 Å². The third-order valence-electron chi connectivity index (χ3n) is 4.86. The predicted octanol–water partition coefficient (Wildman–Crippen LogP) is 1.94. The normalized spacial score (nSPS) is 18.0. The Morgan fingerprint density at radius 1 is 1.29 bits per heavy atom. The molecular weight excluding hydrogens is 304 g/mol. The largest absolute Gasteiger partial charge is 0.488 e. The summed E-state index contributed by atoms with van der Waals surface area (Å²) in [6, 6.07) is 9.69. The maximum atomic E-state index is 12.7. The molecule has 4 rings (SSSR count). The zero-order chi connectivity index (χ0) is 16.7. The van der Waals surface area contributed by atoms with Crippen molar-refractivity contribution in [2.75, 3.05) is 13.6 Å². The van der Waals surface area contributed by atoms with Crippen molar-refractivity contribution in [3.63, 3.8) is 0 Å². The number of nitrogens with zero attached hydrogens (tertiary/aromatic N) is 1. The van der Waals surface area contributed by atoms with Crippen LogP contribution in [0.1, 0.15) is 33.6 Å². The molecule has 24 heavy (non-hydrogen) atoms. The lowest BCUT2D eigenvalue weighted by Gasteiger charge is -2.21. The Labute approximate surface area is 140 Å². The van der Waals surface area contributed by atoms with Crippen LogP contribution >= 0.6 is 0 Å². The Morgan fingerprint density at radius 3 is 2.96 bits per heavy atom. The van der Waals surface area contributed by atoms with Crippen molar-refractivity contribution < 1.29 is 9.53 Å². The summed E-state index contributed by atoms with van der Waals surface area (Å²) >= 11 is 0. The van der Waals surface area contributed by atoms with Gasteiger partial charge in [0.15, 0.2) is 0 Å². The molecule has 5 nitrogen and oxygen atoms in total. The number of ether oxygens (including phenoxy) is 1. The van der Waals surface area contributed by atoms with Crippen molar-refractivity contribution in [1.29, 1.82) is 0 Å². The summed E-state index contributed by atoms with van der Waals surface area (Å²) in [6.07, 6.45) is 3.58. The van der Waals surface area contributed by atoms with E-state index in [1.165, 1.54) is 5.56 Å². The maximum absolute atomic E-state index is 12.7. The Hall–Kier alpha value is -2.56. The van der Waals surface area contributed by atoms with Gasteiger partial charge >= 0.3 is 0 Å². The highest BCUT2D eigenvalue weighted by Gasteiger charge is 2.27. The van der Waals surface area contributed by atoms with E-state index in [4.69, 9.17) is 4.74 Å². The molecule has 1 atom stereocenters. The Morgan fingerprint density at radius 2 is 2.12 bits per heavy atom. The van der Waals surface area contributed by atoms with Gasteiger partial charge in [-0.2, -0.15) is 0 Å². The van der Waals surface area contributed by atoms with Gasteiger partial charge in [0.1, 0.15) is 17.4 Å². The first-order valence-electron chi connectivity index (χ1n) is 8.37. The second kappa shape index (κ2) is 5.82. The van der Waals surface area contributed by atoms with Crippen molar-refractivity contribution in [2.24, 2.45) is 0 Å². The smallest absolute Gasteiger partial charge is 0.261 e. The van der Waals surface area contributed by atoms with Crippen LogP contribution in [0.5, 0.6) is 5.75 Å². The highest BCUT2D eigenvalue weighted by Crippen LogP contribution is 2.28. The highest BCUT2D eigenvalue weighted by atomic mass is 16.5. The minimum atomic E-state index is -0.289. The fourth-order valence-electron chi connectivity index (χ4n) is 3.62. The SMILES string of the molecule is CN(C[C@@H]1Cc2ccccc2O1)C(=O)c1cc2c([nH]c1=O)CCC2. The molecule has 0 unspecified atom stereocenters. The Balaban J connectivity index is 1.49. The van der Waals surface area contributed by atoms with Crippen molar-refractivity contribution in [3.05, 3.63) is 63.1 Å². The minimum absolute atomic E-state index is 0.0649. The van der Waals surface area contributed by atoms with Gasteiger partial charge in [-0.3, -0.25) is 9.59 Å². The quantitative estimate of drug-likeness (QED) is 0.938. The standard InChI is InChI=1S/C19H20N2O3/c1-21(11-14-9-13-5-2-3-8-17(13)24-14)19(23)15-10-12-6-4-7-16(12)20-18(15)22/h2-3,5,8,10,14H,4,6-7,9,11H2,1H3,(H,20,22)/t14-/m0/s1. The van der Waals surface area contributed by atoms with Gasteiger partial charge in [-0.05, 0) is 42.5 Å². The monoisotopic (exact) mass is 324 g/mol. The van der Waals surface area contributed by atoms with Crippen LogP contribution in [0.25, 0.3) is 0 Å². The lowest BCUT2D eigenvalue weighted by Crippen LogP contribution is -2.38. The molecule has 2 aromatic rings. The third kappa shape index (κ3) is 2.60. The summed E-state index contributed by atoms with van der Waals surface area (Å²) in [5.41, 5.74) is 3.18. The molecule has 1 aliphatic heterocycles. The van der Waals surface area contributed by atoms with Gasteiger partial charge in [0.25, 0.3) is 11.5 Å². The van der Waals surface area contributed by atoms with E-state index in [0.717, 1.165) is 42.7 Å². The molecule has 1 aromatic heterocycles. The number of nitrogens with one attached hydrogen (secondary N) is 1. The van der Waals surface area contributed by atoms with Crippen LogP contribution in [-0.4, -0.2) is 35.5 Å². The molecule has 0 radical (unpaired) electrons. The zero-order valence-electron chi connectivity index (χ0n) is 13.7. The molecule has 1 aromatic carbocycles. The number of fused-ring (bicyclic) bond motifs is 2. The number of aromatic amines is 1. The average Bonchev–Trinajstić information content (AvgIpc) is 3.18. The maximum Gasteiger partial charge on any atom is 0.261 e. The lowest BCUT2D eigenvalue weighted by atomic mass is 10.1. The van der Waals surface area contributed by atoms with Crippen LogP contribution in [0.2, 0.25) is 0 Å². The second-order valence-electron chi connectivity index (χ2n) is 6.61. The number of hydrogen-bond donors (Lipinski definition) is 1. The number of aryl methyl sites for hydroxylation is 2. The van der Waals surface area contributed by atoms with E-state index in [1.54, 1.807) is 18.0 Å². The van der Waals surface area contributed by atoms with E-state index in [0.29, 0.717) is 6.54 Å². The van der Waals surface area contributed by atoms with Gasteiger partial charge < -0.3 is 14.6 Å². The van der Waals surface area contributed by atoms with Crippen molar-refractivity contribution >= 4 is 5.91 Å². The van der Waals surface area contributed by atoms with Gasteiger partial charge in [0.05, 0.1) is 6.54 Å². The van der Waals surface area contributed by atoms with E-state index in [1.807, 2.05) is 24.3 Å². The number of rotatable bonds is 3. The summed E-state index contributed by atoms with van der Waals surface area (Å²) in [6.45, 7) is 0.462. The summed E-state index contributed by atoms with van der Waals surface area (Å²) in [5, 5.41) is 0. The van der Waals surface area contributed by atoms with E-state index in [2.05, 4.69) is 4.98 Å². The average molecular weight is 324 g/mol. The molecule has 0 spiro atoms. The number of pyridine rings is 1. The van der Waals surface area contributed by atoms with Crippen molar-refractivity contribution in [2.45, 2.75) is 31.8 Å². The molecule has 1 aliphatic carbocycles. The number of aromatic nitrogens is 1. The fraction of sp³-hybridized carbons (Fsp3) is 0.368. The Bertz CT molecular complexity index is 831. The van der Waals surface area contributed by atoms with E-state index < -0.39 is 0 Å². The number of benzene rings is 1. The molecule has 124 valence electrons. The van der Waals surface area contributed by atoms with Crippen LogP contribution in [0, 0.1) is 0 Å². The van der Waals surface area contributed by atoms with Crippen LogP contribution < -0.4 is 10.3 Å². The lowest BCUT2D eigenvalue weighted by molar-refractivity contribution is 0.0728. The van der Waals surface area contributed by atoms with E-state index >= 15 is 0 Å². The van der Waals surface area contributed by atoms with Crippen LogP contribution in [0.4, 0.5) is 0 Å². The second-order valence-corrected chi connectivity index (χ2v) is 6.61. The minimum Gasteiger partial charge on any atom is -0.488 e.